The number of nitrogens with two attached hydrogens (primary N) is 1. The van der Waals surface area contributed by atoms with E-state index >= 15 is 0 Å². The van der Waals surface area contributed by atoms with Crippen molar-refractivity contribution in [3.63, 3.8) is 0 Å². The summed E-state index contributed by atoms with van der Waals surface area (Å²) in [5.74, 6) is -0.361. The molecule has 6 N–H and O–H groups in total. The summed E-state index contributed by atoms with van der Waals surface area (Å²) in [6, 6.07) is -0.725. The van der Waals surface area contributed by atoms with Crippen molar-refractivity contribution < 1.29 is 62.2 Å². The van der Waals surface area contributed by atoms with Gasteiger partial charge in [-0.1, -0.05) is 0 Å². The van der Waals surface area contributed by atoms with Gasteiger partial charge in [0.2, 0.25) is 0 Å². The van der Waals surface area contributed by atoms with Crippen LogP contribution in [0, 0.1) is 0 Å². The molecule has 0 spiro atoms. The lowest BCUT2D eigenvalue weighted by molar-refractivity contribution is -0.0751. The van der Waals surface area contributed by atoms with Crippen LogP contribution in [0.1, 0.15) is 26.5 Å². The Morgan fingerprint density at radius 2 is 2.02 bits per heavy atom. The zero-order valence-electron chi connectivity index (χ0n) is 25.4. The maximum absolute atomic E-state index is 14.2. The second kappa shape index (κ2) is 15.0. The maximum atomic E-state index is 14.2. The molecule has 47 heavy (non-hydrogen) atoms. The van der Waals surface area contributed by atoms with Crippen molar-refractivity contribution in [1.29, 1.82) is 0 Å². The number of nitrogens with zero attached hydrogens (tertiary/aromatic N) is 5. The van der Waals surface area contributed by atoms with E-state index in [0.29, 0.717) is 22.5 Å². The summed E-state index contributed by atoms with van der Waals surface area (Å²) in [5, 5.41) is 32.9. The molecule has 2 aromatic heterocycles. The van der Waals surface area contributed by atoms with Gasteiger partial charge in [-0.3, -0.25) is 18.5 Å². The first-order chi connectivity index (χ1) is 22.4. The number of anilines is 1. The van der Waals surface area contributed by atoms with E-state index in [9.17, 15) is 29.5 Å². The average Bonchev–Trinajstić information content (AvgIpc) is 3.71. The van der Waals surface area contributed by atoms with E-state index in [4.69, 9.17) is 38.5 Å². The lowest BCUT2D eigenvalue weighted by atomic mass is 10.1. The molecule has 0 aliphatic carbocycles. The van der Waals surface area contributed by atoms with E-state index in [1.807, 2.05) is 0 Å². The summed E-state index contributed by atoms with van der Waals surface area (Å²) in [4.78, 5) is 37.9. The molecule has 22 heteroatoms. The predicted octanol–water partition coefficient (Wildman–Crippen LogP) is 0.409. The fourth-order valence-corrected chi connectivity index (χ4v) is 7.83. The second-order valence-electron chi connectivity index (χ2n) is 10.7. The van der Waals surface area contributed by atoms with Gasteiger partial charge in [0, 0.05) is 31.1 Å². The molecule has 3 aliphatic rings. The van der Waals surface area contributed by atoms with E-state index in [0.717, 1.165) is 4.90 Å². The van der Waals surface area contributed by atoms with Crippen LogP contribution in [0.4, 0.5) is 15.4 Å². The number of rotatable bonds is 13. The number of methoxy groups -OCH3 is 1. The van der Waals surface area contributed by atoms with Crippen LogP contribution in [-0.4, -0.2) is 127 Å². The number of carbonyl (C=O) groups excluding carboxylic acids is 2. The number of nitrogen functional groups attached to an aromatic ring is 1. The number of carbonyl (C=O) groups is 2. The number of aliphatic hydroxyl groups excluding tert-OH is 3. The molecule has 20 nitrogen and oxygen atoms in total. The third-order valence-corrected chi connectivity index (χ3v) is 10.6. The smallest absolute Gasteiger partial charge is 0.432 e. The number of urea groups is 1. The van der Waals surface area contributed by atoms with Crippen molar-refractivity contribution >= 4 is 47.3 Å². The van der Waals surface area contributed by atoms with Crippen LogP contribution in [0.25, 0.3) is 11.2 Å². The normalized spacial score (nSPS) is 30.5. The fraction of sp³-hybridized carbons (Fsp3) is 0.640. The molecule has 2 amide bonds. The van der Waals surface area contributed by atoms with E-state index in [1.54, 1.807) is 18.4 Å². The van der Waals surface area contributed by atoms with Gasteiger partial charge < -0.3 is 50.1 Å². The molecule has 260 valence electrons. The Kier molecular flexibility index (Phi) is 11.2. The van der Waals surface area contributed by atoms with Gasteiger partial charge in [0.1, 0.15) is 48.7 Å². The number of fused-ring (bicyclic) bond motifs is 1. The predicted molar refractivity (Wildman–Crippen MR) is 160 cm³/mol. The third kappa shape index (κ3) is 7.96. The first kappa shape index (κ1) is 35.2. The van der Waals surface area contributed by atoms with Crippen molar-refractivity contribution in [2.75, 3.05) is 32.0 Å². The highest BCUT2D eigenvalue weighted by molar-refractivity contribution is 8.55. The molecule has 9 atom stereocenters. The minimum absolute atomic E-state index is 0.0996. The Labute approximate surface area is 271 Å². The molecular formula is C25H36N7O13PS. The van der Waals surface area contributed by atoms with Crippen LogP contribution in [0.2, 0.25) is 0 Å². The van der Waals surface area contributed by atoms with Crippen LogP contribution >= 0.6 is 18.2 Å². The van der Waals surface area contributed by atoms with Crippen molar-refractivity contribution in [2.45, 2.75) is 75.6 Å². The minimum Gasteiger partial charge on any atom is -0.432 e. The quantitative estimate of drug-likeness (QED) is 0.107. The monoisotopic (exact) mass is 705 g/mol. The average molecular weight is 706 g/mol. The Morgan fingerprint density at radius 3 is 2.72 bits per heavy atom. The third-order valence-electron chi connectivity index (χ3n) is 7.22. The van der Waals surface area contributed by atoms with E-state index in [1.165, 1.54) is 32.0 Å². The number of amides is 2. The number of aliphatic hydroxyl groups is 3. The van der Waals surface area contributed by atoms with Gasteiger partial charge in [-0.15, -0.1) is 0 Å². The summed E-state index contributed by atoms with van der Waals surface area (Å²) in [5.41, 5.74) is 6.62. The molecular weight excluding hydrogens is 669 g/mol. The molecule has 0 aromatic carbocycles. The van der Waals surface area contributed by atoms with E-state index in [2.05, 4.69) is 20.3 Å². The maximum Gasteiger partial charge on any atom is 0.509 e. The van der Waals surface area contributed by atoms with E-state index in [-0.39, 0.29) is 12.2 Å². The van der Waals surface area contributed by atoms with Crippen LogP contribution in [0.15, 0.2) is 24.9 Å². The van der Waals surface area contributed by atoms with Crippen molar-refractivity contribution in [3.8, 4) is 0 Å². The molecule has 0 bridgehead atoms. The lowest BCUT2D eigenvalue weighted by Gasteiger charge is -2.33. The molecule has 5 rings (SSSR count). The van der Waals surface area contributed by atoms with Crippen LogP contribution in [-0.2, 0) is 37.3 Å². The second-order valence-corrected chi connectivity index (χ2v) is 14.7. The highest BCUT2D eigenvalue weighted by atomic mass is 32.7. The summed E-state index contributed by atoms with van der Waals surface area (Å²) >= 11 is 0.488. The van der Waals surface area contributed by atoms with Gasteiger partial charge >= 0.3 is 19.0 Å². The van der Waals surface area contributed by atoms with Gasteiger partial charge in [-0.05, 0) is 19.9 Å². The summed E-state index contributed by atoms with van der Waals surface area (Å²) in [7, 11) is 1.29. The largest absolute Gasteiger partial charge is 0.509 e. The number of imidazole rings is 1. The Balaban J connectivity index is 1.32. The topological polar surface area (TPSA) is 261 Å². The van der Waals surface area contributed by atoms with Gasteiger partial charge in [0.25, 0.3) is 0 Å². The van der Waals surface area contributed by atoms with Gasteiger partial charge in [-0.25, -0.2) is 29.1 Å². The molecule has 0 saturated carbocycles. The summed E-state index contributed by atoms with van der Waals surface area (Å²) < 4.78 is 54.9. The molecule has 5 heterocycles. The minimum atomic E-state index is -4.37. The van der Waals surface area contributed by atoms with Crippen molar-refractivity contribution in [2.24, 2.45) is 0 Å². The molecule has 0 radical (unpaired) electrons. The van der Waals surface area contributed by atoms with Gasteiger partial charge in [-0.2, -0.15) is 0 Å². The van der Waals surface area contributed by atoms with Crippen LogP contribution < -0.4 is 11.1 Å². The first-order valence-corrected chi connectivity index (χ1v) is 17.5. The first-order valence-electron chi connectivity index (χ1n) is 14.3. The zero-order valence-corrected chi connectivity index (χ0v) is 27.1. The lowest BCUT2D eigenvalue weighted by Crippen LogP contribution is -2.53. The number of ether oxygens (including phenoxy) is 5. The SMILES string of the molecule is CO[C@H]1C(OP(=O)(OC[C@H]2O[C@@H](n3cnc4c(N)ncnc43)CC2O)SCOC(=O)OC(C)C)[C@@H](CO)O[C@H]1N1C=CC(O)NC1=O. The van der Waals surface area contributed by atoms with Crippen molar-refractivity contribution in [1.82, 2.24) is 29.7 Å². The number of hydrogen-bond donors (Lipinski definition) is 5. The Morgan fingerprint density at radius 1 is 1.23 bits per heavy atom. The zero-order chi connectivity index (χ0) is 33.9. The highest BCUT2D eigenvalue weighted by Gasteiger charge is 2.53. The van der Waals surface area contributed by atoms with E-state index < -0.39 is 93.4 Å². The van der Waals surface area contributed by atoms with Gasteiger partial charge in [0.15, 0.2) is 23.6 Å². The number of aromatic nitrogens is 4. The Hall–Kier alpha value is -3.11. The van der Waals surface area contributed by atoms with Crippen LogP contribution in [0.3, 0.4) is 0 Å². The van der Waals surface area contributed by atoms with Crippen molar-refractivity contribution in [3.05, 3.63) is 24.9 Å². The Bertz CT molecular complexity index is 1500. The highest BCUT2D eigenvalue weighted by Crippen LogP contribution is 2.63. The summed E-state index contributed by atoms with van der Waals surface area (Å²) in [6.45, 7) is -2.21. The fourth-order valence-electron chi connectivity index (χ4n) is 5.04. The standard InChI is InChI=1S/C25H36N7O13PS/c1-12(2)42-25(37)40-11-47-46(38,45-19-14(7-33)44-23(20(19)39-3)31-5-4-16(35)30-24(31)36)41-8-15-13(34)6-17(43-15)32-10-29-18-21(26)27-9-28-22(18)32/h4-5,9-10,12-17,19-20,23,33-35H,6-8,11H2,1-3H3,(H,30,36)(H2,26,27,28)/t13?,14-,15-,16?,17-,19?,20+,23-,46?/m1/s1. The summed E-state index contributed by atoms with van der Waals surface area (Å²) in [6.07, 6.45) is -4.91. The van der Waals surface area contributed by atoms with Crippen LogP contribution in [0.5, 0.6) is 0 Å². The molecule has 4 unspecified atom stereocenters. The number of hydrogen-bond acceptors (Lipinski definition) is 18. The molecule has 2 fully saturated rings. The number of nitrogens with one attached hydrogen (secondary N) is 1. The van der Waals surface area contributed by atoms with Gasteiger partial charge in [0.05, 0.1) is 31.7 Å². The molecule has 2 saturated heterocycles. The molecule has 2 aromatic rings. The molecule has 3 aliphatic heterocycles.